The summed E-state index contributed by atoms with van der Waals surface area (Å²) in [6.07, 6.45) is 0.561. The number of piperidine rings is 1. The average molecular weight is 398 g/mol. The molecule has 2 rings (SSSR count). The summed E-state index contributed by atoms with van der Waals surface area (Å²) in [5, 5.41) is 19.1. The van der Waals surface area contributed by atoms with E-state index in [0.29, 0.717) is 13.1 Å². The van der Waals surface area contributed by atoms with Crippen molar-refractivity contribution in [2.75, 3.05) is 47.0 Å². The Hall–Kier alpha value is -2.66. The number of aromatic hydroxyl groups is 1. The third-order valence-electron chi connectivity index (χ3n) is 4.49. The molecule has 2 heterocycles. The van der Waals surface area contributed by atoms with Crippen molar-refractivity contribution in [2.24, 2.45) is 0 Å². The fourth-order valence-electron chi connectivity index (χ4n) is 3.06. The second-order valence-electron chi connectivity index (χ2n) is 6.56. The van der Waals surface area contributed by atoms with Gasteiger partial charge in [0, 0.05) is 40.0 Å². The first-order valence-electron chi connectivity index (χ1n) is 8.97. The lowest BCUT2D eigenvalue weighted by Gasteiger charge is -2.41. The van der Waals surface area contributed by atoms with Gasteiger partial charge in [0.05, 0.1) is 19.8 Å². The number of nitrogens with one attached hydrogen (secondary N) is 1. The van der Waals surface area contributed by atoms with Crippen molar-refractivity contribution >= 4 is 12.0 Å². The van der Waals surface area contributed by atoms with E-state index in [4.69, 9.17) is 9.47 Å². The Morgan fingerprint density at radius 3 is 2.50 bits per heavy atom. The molecule has 0 bridgehead atoms. The second-order valence-corrected chi connectivity index (χ2v) is 6.56. The van der Waals surface area contributed by atoms with Crippen molar-refractivity contribution in [3.63, 3.8) is 0 Å². The van der Waals surface area contributed by atoms with Crippen LogP contribution in [0.2, 0.25) is 0 Å². The van der Waals surface area contributed by atoms with Gasteiger partial charge in [-0.1, -0.05) is 0 Å². The van der Waals surface area contributed by atoms with Gasteiger partial charge in [0.25, 0.3) is 5.56 Å². The van der Waals surface area contributed by atoms with E-state index in [1.807, 2.05) is 0 Å². The number of H-pyrrole nitrogens is 1. The Kier molecular flexibility index (Phi) is 6.97. The van der Waals surface area contributed by atoms with Gasteiger partial charge in [-0.2, -0.15) is 0 Å². The number of aromatic nitrogens is 2. The number of rotatable bonds is 6. The number of hydrogen-bond donors (Lipinski definition) is 3. The number of carbonyl (C=O) groups is 2. The molecule has 1 aliphatic heterocycles. The molecule has 1 aliphatic rings. The number of amides is 2. The molecule has 3 N–H and O–H groups in total. The second kappa shape index (κ2) is 9.02. The molecule has 0 aromatic carbocycles. The Balaban J connectivity index is 2.40. The van der Waals surface area contributed by atoms with E-state index in [1.165, 1.54) is 4.90 Å². The Morgan fingerprint density at radius 2 is 1.96 bits per heavy atom. The van der Waals surface area contributed by atoms with E-state index in [0.717, 1.165) is 0 Å². The first-order chi connectivity index (χ1) is 13.3. The van der Waals surface area contributed by atoms with Gasteiger partial charge in [0.2, 0.25) is 5.75 Å². The smallest absolute Gasteiger partial charge is 0.361 e. The lowest BCUT2D eigenvalue weighted by molar-refractivity contribution is -0.0998. The van der Waals surface area contributed by atoms with E-state index < -0.39 is 28.6 Å². The minimum absolute atomic E-state index is 0.0268. The van der Waals surface area contributed by atoms with Crippen molar-refractivity contribution < 1.29 is 29.3 Å². The van der Waals surface area contributed by atoms with Crippen molar-refractivity contribution in [2.45, 2.75) is 25.4 Å². The third-order valence-corrected chi connectivity index (χ3v) is 4.49. The van der Waals surface area contributed by atoms with Crippen LogP contribution >= 0.6 is 0 Å². The highest BCUT2D eigenvalue weighted by Gasteiger charge is 2.42. The number of aliphatic hydroxyl groups is 1. The number of ether oxygens (including phenoxy) is 2. The molecular weight excluding hydrogens is 372 g/mol. The van der Waals surface area contributed by atoms with Crippen LogP contribution in [0.4, 0.5) is 4.79 Å². The molecular formula is C17H26N4O7. The molecule has 1 saturated heterocycles. The summed E-state index contributed by atoms with van der Waals surface area (Å²) in [5.41, 5.74) is -2.52. The number of hydrogen-bond acceptors (Lipinski definition) is 8. The molecule has 156 valence electrons. The molecule has 1 aromatic heterocycles. The molecule has 11 heteroatoms. The predicted octanol–water partition coefficient (Wildman–Crippen LogP) is -0.366. The molecule has 11 nitrogen and oxygen atoms in total. The first-order valence-corrected chi connectivity index (χ1v) is 8.97. The molecule has 0 radical (unpaired) electrons. The fourth-order valence-corrected chi connectivity index (χ4v) is 3.06. The Bertz CT molecular complexity index is 769. The first kappa shape index (κ1) is 21.6. The zero-order valence-electron chi connectivity index (χ0n) is 16.2. The van der Waals surface area contributed by atoms with E-state index in [1.54, 1.807) is 25.9 Å². The van der Waals surface area contributed by atoms with Crippen molar-refractivity contribution in [3.8, 4) is 5.75 Å². The number of nitrogens with zero attached hydrogens (tertiary/aromatic N) is 3. The normalized spacial score (nSPS) is 15.9. The van der Waals surface area contributed by atoms with Gasteiger partial charge in [0.15, 0.2) is 5.69 Å². The van der Waals surface area contributed by atoms with Crippen molar-refractivity contribution in [1.82, 2.24) is 19.8 Å². The van der Waals surface area contributed by atoms with Crippen LogP contribution in [-0.4, -0.2) is 89.0 Å². The van der Waals surface area contributed by atoms with Gasteiger partial charge >= 0.3 is 12.0 Å². The average Bonchev–Trinajstić information content (AvgIpc) is 2.68. The maximum Gasteiger partial charge on any atom is 0.361 e. The summed E-state index contributed by atoms with van der Waals surface area (Å²) in [7, 11) is 3.30. The van der Waals surface area contributed by atoms with Gasteiger partial charge in [-0.15, -0.1) is 0 Å². The summed E-state index contributed by atoms with van der Waals surface area (Å²) >= 11 is 0. The summed E-state index contributed by atoms with van der Waals surface area (Å²) < 4.78 is 10.7. The van der Waals surface area contributed by atoms with Gasteiger partial charge in [0.1, 0.15) is 11.4 Å². The number of carbonyl (C=O) groups excluding carboxylic acids is 2. The third kappa shape index (κ3) is 4.42. The van der Waals surface area contributed by atoms with Crippen LogP contribution in [0.3, 0.4) is 0 Å². The molecule has 0 saturated carbocycles. The maximum absolute atomic E-state index is 12.2. The van der Waals surface area contributed by atoms with Gasteiger partial charge in [-0.3, -0.25) is 4.79 Å². The monoisotopic (exact) mass is 398 g/mol. The van der Waals surface area contributed by atoms with E-state index >= 15 is 0 Å². The SMILES string of the molecule is CCOC(=O)c1nc(C2(OCCO)CCN(C(=O)N(C)C)CC2)[nH]c(=O)c1O. The highest BCUT2D eigenvalue weighted by Crippen LogP contribution is 2.35. The molecule has 28 heavy (non-hydrogen) atoms. The van der Waals surface area contributed by atoms with Crippen LogP contribution in [0, 0.1) is 0 Å². The van der Waals surface area contributed by atoms with Gasteiger partial charge in [-0.05, 0) is 6.92 Å². The van der Waals surface area contributed by atoms with Crippen LogP contribution in [0.5, 0.6) is 5.75 Å². The fraction of sp³-hybridized carbons (Fsp3) is 0.647. The van der Waals surface area contributed by atoms with E-state index in [-0.39, 0.29) is 44.5 Å². The number of esters is 1. The summed E-state index contributed by atoms with van der Waals surface area (Å²) in [4.78, 5) is 46.0. The standard InChI is InChI=1S/C17H26N4O7/c1-4-27-14(25)11-12(23)13(24)19-15(18-11)17(28-10-9-22)5-7-21(8-6-17)16(26)20(2)3/h22-23H,4-10H2,1-3H3,(H,18,19,24). The zero-order chi connectivity index (χ0) is 20.9. The lowest BCUT2D eigenvalue weighted by atomic mass is 9.90. The van der Waals surface area contributed by atoms with Gasteiger partial charge in [-0.25, -0.2) is 14.6 Å². The quantitative estimate of drug-likeness (QED) is 0.551. The maximum atomic E-state index is 12.2. The number of urea groups is 1. The molecule has 0 unspecified atom stereocenters. The summed E-state index contributed by atoms with van der Waals surface area (Å²) in [5.74, 6) is -1.71. The van der Waals surface area contributed by atoms with Crippen LogP contribution < -0.4 is 5.56 Å². The highest BCUT2D eigenvalue weighted by molar-refractivity contribution is 5.89. The van der Waals surface area contributed by atoms with E-state index in [2.05, 4.69) is 9.97 Å². The number of aromatic amines is 1. The topological polar surface area (TPSA) is 145 Å². The van der Waals surface area contributed by atoms with Crippen LogP contribution in [-0.2, 0) is 15.1 Å². The lowest BCUT2D eigenvalue weighted by Crippen LogP contribution is -2.50. The van der Waals surface area contributed by atoms with Crippen LogP contribution in [0.25, 0.3) is 0 Å². The van der Waals surface area contributed by atoms with Crippen LogP contribution in [0.1, 0.15) is 36.1 Å². The minimum Gasteiger partial charge on any atom is -0.501 e. The highest BCUT2D eigenvalue weighted by atomic mass is 16.5. The van der Waals surface area contributed by atoms with E-state index in [9.17, 15) is 24.6 Å². The van der Waals surface area contributed by atoms with Crippen molar-refractivity contribution in [3.05, 3.63) is 21.9 Å². The van der Waals surface area contributed by atoms with Crippen LogP contribution in [0.15, 0.2) is 4.79 Å². The molecule has 0 spiro atoms. The Labute approximate surface area is 161 Å². The Morgan fingerprint density at radius 1 is 1.32 bits per heavy atom. The minimum atomic E-state index is -1.13. The molecule has 0 atom stereocenters. The zero-order valence-corrected chi connectivity index (χ0v) is 16.2. The summed E-state index contributed by atoms with van der Waals surface area (Å²) in [6.45, 7) is 2.00. The van der Waals surface area contributed by atoms with Crippen molar-refractivity contribution in [1.29, 1.82) is 0 Å². The largest absolute Gasteiger partial charge is 0.501 e. The predicted molar refractivity (Wildman–Crippen MR) is 97.1 cm³/mol. The van der Waals surface area contributed by atoms with Gasteiger partial charge < -0.3 is 34.5 Å². The number of aliphatic hydroxyl groups excluding tert-OH is 1. The molecule has 0 aliphatic carbocycles. The molecule has 1 fully saturated rings. The number of likely N-dealkylation sites (tertiary alicyclic amines) is 1. The molecule has 1 aromatic rings. The molecule has 2 amide bonds. The summed E-state index contributed by atoms with van der Waals surface area (Å²) in [6, 6.07) is -0.157.